The topological polar surface area (TPSA) is 136 Å². The molecule has 11 aromatic carbocycles. The van der Waals surface area contributed by atoms with E-state index in [2.05, 4.69) is 131 Å². The van der Waals surface area contributed by atoms with E-state index >= 15 is 0 Å². The normalized spacial score (nSPS) is 14.3. The number of hydrogen-bond acceptors (Lipinski definition) is 11. The van der Waals surface area contributed by atoms with E-state index < -0.39 is 7.12 Å². The number of hydrogen-bond donors (Lipinski definition) is 0. The minimum absolute atomic E-state index is 0.370. The molecule has 0 aliphatic carbocycles. The lowest BCUT2D eigenvalue weighted by Gasteiger charge is -2.32. The highest BCUT2D eigenvalue weighted by atomic mass is 16.7. The Morgan fingerprint density at radius 2 is 0.621 bits per heavy atom. The Bertz CT molecular complexity index is 5750. The first-order chi connectivity index (χ1) is 42.5. The molecule has 87 heavy (non-hydrogen) atoms. The zero-order valence-electron chi connectivity index (χ0n) is 47.5. The van der Waals surface area contributed by atoms with E-state index in [9.17, 15) is 0 Å². The summed E-state index contributed by atoms with van der Waals surface area (Å²) in [6.07, 6.45) is 0. The summed E-state index contributed by atoms with van der Waals surface area (Å²) in [4.78, 5) is 15.7. The van der Waals surface area contributed by atoms with Crippen molar-refractivity contribution < 1.29 is 35.8 Å². The Balaban J connectivity index is 0.000000164. The van der Waals surface area contributed by atoms with E-state index in [1.54, 1.807) is 0 Å². The van der Waals surface area contributed by atoms with Gasteiger partial charge in [-0.15, -0.1) is 0 Å². The van der Waals surface area contributed by atoms with E-state index in [1.165, 1.54) is 0 Å². The second kappa shape index (κ2) is 18.4. The van der Waals surface area contributed by atoms with Crippen molar-refractivity contribution in [1.82, 2.24) is 15.0 Å². The van der Waals surface area contributed by atoms with E-state index in [0.717, 1.165) is 165 Å². The molecule has 0 radical (unpaired) electrons. The number of nitrogens with zero attached hydrogens (tertiary/aromatic N) is 3. The number of para-hydroxylation sites is 4. The number of aromatic nitrogens is 3. The third kappa shape index (κ3) is 7.74. The largest absolute Gasteiger partial charge is 0.494 e. The van der Waals surface area contributed by atoms with Gasteiger partial charge in [-0.25, -0.2) is 15.0 Å². The van der Waals surface area contributed by atoms with Crippen molar-refractivity contribution in [2.45, 2.75) is 38.9 Å². The van der Waals surface area contributed by atoms with Gasteiger partial charge in [0.05, 0.1) is 11.2 Å². The molecule has 0 saturated carbocycles. The van der Waals surface area contributed by atoms with E-state index in [-0.39, 0.29) is 11.2 Å². The minimum atomic E-state index is -0.399. The van der Waals surface area contributed by atoms with Gasteiger partial charge in [-0.05, 0) is 129 Å². The maximum atomic E-state index is 6.39. The highest BCUT2D eigenvalue weighted by Gasteiger charge is 2.51. The fraction of sp³-hybridized carbons (Fsp3) is 0.0800. The fourth-order valence-corrected chi connectivity index (χ4v) is 12.8. The van der Waals surface area contributed by atoms with Crippen LogP contribution in [0.25, 0.3) is 177 Å². The predicted molar refractivity (Wildman–Crippen MR) is 347 cm³/mol. The molecule has 0 spiro atoms. The van der Waals surface area contributed by atoms with Gasteiger partial charge in [-0.2, -0.15) is 0 Å². The lowest BCUT2D eigenvalue weighted by Crippen LogP contribution is -2.41. The Kier molecular flexibility index (Phi) is 10.5. The van der Waals surface area contributed by atoms with Crippen LogP contribution in [0, 0.1) is 0 Å². The van der Waals surface area contributed by atoms with Gasteiger partial charge in [-0.3, -0.25) is 0 Å². The molecule has 11 nitrogen and oxygen atoms in total. The molecule has 0 unspecified atom stereocenters. The van der Waals surface area contributed by atoms with E-state index in [0.29, 0.717) is 17.5 Å². The molecule has 0 N–H and O–H groups in total. The molecule has 8 heterocycles. The van der Waals surface area contributed by atoms with Crippen molar-refractivity contribution in [3.05, 3.63) is 218 Å². The van der Waals surface area contributed by atoms with Gasteiger partial charge in [0.1, 0.15) is 67.0 Å². The molecule has 1 aliphatic heterocycles. The van der Waals surface area contributed by atoms with E-state index in [4.69, 9.17) is 50.8 Å². The molecule has 414 valence electrons. The summed E-state index contributed by atoms with van der Waals surface area (Å²) in [6.45, 7) is 8.27. The third-order valence-corrected chi connectivity index (χ3v) is 17.9. The van der Waals surface area contributed by atoms with Crippen molar-refractivity contribution in [3.8, 4) is 45.3 Å². The van der Waals surface area contributed by atoms with Crippen LogP contribution in [0.15, 0.2) is 245 Å². The minimum Gasteiger partial charge on any atom is -0.456 e. The third-order valence-electron chi connectivity index (χ3n) is 17.9. The number of fused-ring (bicyclic) bond motifs is 18. The Morgan fingerprint density at radius 3 is 1.14 bits per heavy atom. The van der Waals surface area contributed by atoms with Crippen LogP contribution in [0.5, 0.6) is 0 Å². The molecule has 1 fully saturated rings. The average Bonchev–Trinajstić information content (AvgIpc) is 2.49. The summed E-state index contributed by atoms with van der Waals surface area (Å²) < 4.78 is 49.9. The average molecular weight is 1130 g/mol. The maximum Gasteiger partial charge on any atom is 0.494 e. The smallest absolute Gasteiger partial charge is 0.456 e. The zero-order chi connectivity index (χ0) is 57.9. The summed E-state index contributed by atoms with van der Waals surface area (Å²) >= 11 is 0. The van der Waals surface area contributed by atoms with Gasteiger partial charge in [-0.1, -0.05) is 133 Å². The molecule has 19 rings (SSSR count). The van der Waals surface area contributed by atoms with Gasteiger partial charge >= 0.3 is 7.12 Å². The first kappa shape index (κ1) is 49.6. The van der Waals surface area contributed by atoms with Crippen LogP contribution in [0.1, 0.15) is 27.7 Å². The Morgan fingerprint density at radius 1 is 0.264 bits per heavy atom. The predicted octanol–water partition coefficient (Wildman–Crippen LogP) is 19.9. The molecule has 0 bridgehead atoms. The summed E-state index contributed by atoms with van der Waals surface area (Å²) in [5.74, 6) is 1.66. The quantitative estimate of drug-likeness (QED) is 0.152. The lowest BCUT2D eigenvalue weighted by molar-refractivity contribution is 0.00578. The van der Waals surface area contributed by atoms with Crippen LogP contribution in [-0.2, 0) is 9.31 Å². The molecular formula is C75H48BN3O8. The zero-order valence-corrected chi connectivity index (χ0v) is 47.5. The lowest BCUT2D eigenvalue weighted by atomic mass is 9.78. The fourth-order valence-electron chi connectivity index (χ4n) is 12.8. The summed E-state index contributed by atoms with van der Waals surface area (Å²) in [7, 11) is -0.399. The summed E-state index contributed by atoms with van der Waals surface area (Å²) in [5, 5.41) is 12.3. The molecule has 18 aromatic rings. The van der Waals surface area contributed by atoms with Gasteiger partial charge in [0, 0.05) is 81.3 Å². The van der Waals surface area contributed by atoms with Gasteiger partial charge in [0.2, 0.25) is 0 Å². The van der Waals surface area contributed by atoms with Crippen molar-refractivity contribution in [3.63, 3.8) is 0 Å². The second-order valence-corrected chi connectivity index (χ2v) is 23.6. The number of benzene rings is 11. The molecule has 0 atom stereocenters. The van der Waals surface area contributed by atoms with E-state index in [1.807, 2.05) is 115 Å². The monoisotopic (exact) mass is 1130 g/mol. The van der Waals surface area contributed by atoms with Crippen molar-refractivity contribution >= 4 is 144 Å². The molecule has 7 aromatic heterocycles. The molecular weight excluding hydrogens is 1080 g/mol. The SMILES string of the molecule is CC1(C)OB(c2ccc3oc4cc5c(cc4c3c2)oc2ccccc25)OC1(C)C.c1cc(-c2ccc3oc4cc5c(cc4c3c2)oc2ccccc25)cc(-c2nc(-c3cccc4oc5ccccc5c34)nc(-c3cccc4oc5ccccc5c34)n2)c1. The highest BCUT2D eigenvalue weighted by Crippen LogP contribution is 2.43. The van der Waals surface area contributed by atoms with Crippen LogP contribution < -0.4 is 5.46 Å². The number of furan rings is 6. The molecule has 12 heteroatoms. The van der Waals surface area contributed by atoms with Gasteiger partial charge in [0.15, 0.2) is 17.5 Å². The molecule has 0 amide bonds. The van der Waals surface area contributed by atoms with Crippen LogP contribution in [0.3, 0.4) is 0 Å². The van der Waals surface area contributed by atoms with Crippen LogP contribution in [0.2, 0.25) is 0 Å². The second-order valence-electron chi connectivity index (χ2n) is 23.6. The Labute approximate surface area is 495 Å². The summed E-state index contributed by atoms with van der Waals surface area (Å²) in [6, 6.07) is 73.6. The first-order valence-corrected chi connectivity index (χ1v) is 29.1. The number of rotatable bonds is 5. The molecule has 1 aliphatic rings. The van der Waals surface area contributed by atoms with Crippen molar-refractivity contribution in [1.29, 1.82) is 0 Å². The first-order valence-electron chi connectivity index (χ1n) is 29.1. The van der Waals surface area contributed by atoms with Gasteiger partial charge in [0.25, 0.3) is 0 Å². The van der Waals surface area contributed by atoms with Crippen LogP contribution in [-0.4, -0.2) is 33.3 Å². The maximum absolute atomic E-state index is 6.39. The van der Waals surface area contributed by atoms with Crippen LogP contribution in [0.4, 0.5) is 0 Å². The van der Waals surface area contributed by atoms with Crippen LogP contribution >= 0.6 is 0 Å². The Hall–Kier alpha value is -10.8. The van der Waals surface area contributed by atoms with Gasteiger partial charge < -0.3 is 35.8 Å². The summed E-state index contributed by atoms with van der Waals surface area (Å²) in [5.41, 5.74) is 14.9. The molecule has 1 saturated heterocycles. The standard InChI is InChI=1S/C51H27N3O4.C24H21BO4/c1-4-17-39-31(12-1)37-26-46-38(27-45(37)57-39)36-25-29(22-23-42(36)58-46)28-10-7-11-30(24-28)49-52-50(34-15-8-20-43-47(34)32-13-2-5-18-40(32)55-43)54-51(53-49)35-16-9-21-44-48(35)33-14-3-6-19-41(33)56-44;1-23(2)24(3,4)29-25(28-23)14-9-10-20-16(11-14)18-13-21-17(12-22(18)27-20)15-7-5-6-8-19(15)26-21/h1-27H;5-13H,1-4H3. The van der Waals surface area contributed by atoms with Crippen molar-refractivity contribution in [2.24, 2.45) is 0 Å². The van der Waals surface area contributed by atoms with Crippen molar-refractivity contribution in [2.75, 3.05) is 0 Å². The highest BCUT2D eigenvalue weighted by molar-refractivity contribution is 6.62.